The molecule has 0 aromatic carbocycles. The van der Waals surface area contributed by atoms with Crippen molar-refractivity contribution in [2.45, 2.75) is 24.9 Å². The number of aliphatic hydroxyl groups excluding tert-OH is 1. The van der Waals surface area contributed by atoms with Crippen LogP contribution in [0.3, 0.4) is 0 Å². The summed E-state index contributed by atoms with van der Waals surface area (Å²) in [4.78, 5) is 0. The van der Waals surface area contributed by atoms with E-state index >= 15 is 0 Å². The fraction of sp³-hybridized carbons (Fsp3) is 1.00. The SMILES string of the molecule is CC(CCO)NCCSC(F)(F)F. The van der Waals surface area contributed by atoms with Gasteiger partial charge in [0.1, 0.15) is 0 Å². The minimum Gasteiger partial charge on any atom is -0.396 e. The second kappa shape index (κ2) is 6.50. The number of aliphatic hydroxyl groups is 1. The lowest BCUT2D eigenvalue weighted by atomic mass is 10.2. The molecule has 13 heavy (non-hydrogen) atoms. The van der Waals surface area contributed by atoms with Crippen LogP contribution in [0.4, 0.5) is 13.2 Å². The molecule has 0 aromatic rings. The molecule has 0 aromatic heterocycles. The molecule has 80 valence electrons. The largest absolute Gasteiger partial charge is 0.441 e. The quantitative estimate of drug-likeness (QED) is 0.663. The maximum Gasteiger partial charge on any atom is 0.441 e. The zero-order valence-corrected chi connectivity index (χ0v) is 8.21. The highest BCUT2D eigenvalue weighted by atomic mass is 32.2. The Balaban J connectivity index is 3.25. The third-order valence-corrected chi connectivity index (χ3v) is 2.16. The minimum atomic E-state index is -4.14. The van der Waals surface area contributed by atoms with Gasteiger partial charge in [-0.25, -0.2) is 0 Å². The van der Waals surface area contributed by atoms with Gasteiger partial charge in [0.2, 0.25) is 0 Å². The van der Waals surface area contributed by atoms with Crippen molar-refractivity contribution >= 4 is 11.8 Å². The number of nitrogens with one attached hydrogen (secondary N) is 1. The lowest BCUT2D eigenvalue weighted by molar-refractivity contribution is -0.0327. The van der Waals surface area contributed by atoms with E-state index in [1.165, 1.54) is 0 Å². The van der Waals surface area contributed by atoms with E-state index in [0.29, 0.717) is 13.0 Å². The molecule has 0 saturated heterocycles. The molecule has 1 atom stereocenters. The average molecular weight is 217 g/mol. The summed E-state index contributed by atoms with van der Waals surface area (Å²) >= 11 is -0.0314. The number of rotatable bonds is 6. The van der Waals surface area contributed by atoms with Crippen molar-refractivity contribution in [3.8, 4) is 0 Å². The summed E-state index contributed by atoms with van der Waals surface area (Å²) in [5.74, 6) is 0.0132. The maximum absolute atomic E-state index is 11.6. The molecular formula is C7H14F3NOS. The summed E-state index contributed by atoms with van der Waals surface area (Å²) < 4.78 is 34.9. The van der Waals surface area contributed by atoms with Crippen LogP contribution in [0.1, 0.15) is 13.3 Å². The number of halogens is 3. The zero-order valence-electron chi connectivity index (χ0n) is 7.40. The molecule has 0 aliphatic rings. The van der Waals surface area contributed by atoms with Gasteiger partial charge in [0, 0.05) is 24.9 Å². The van der Waals surface area contributed by atoms with Gasteiger partial charge in [-0.15, -0.1) is 0 Å². The van der Waals surface area contributed by atoms with E-state index in [1.54, 1.807) is 0 Å². The van der Waals surface area contributed by atoms with E-state index in [1.807, 2.05) is 6.92 Å². The van der Waals surface area contributed by atoms with E-state index in [0.717, 1.165) is 0 Å². The summed E-state index contributed by atoms with van der Waals surface area (Å²) in [6.45, 7) is 2.19. The monoisotopic (exact) mass is 217 g/mol. The van der Waals surface area contributed by atoms with Gasteiger partial charge in [0.15, 0.2) is 0 Å². The van der Waals surface area contributed by atoms with Crippen molar-refractivity contribution in [1.82, 2.24) is 5.32 Å². The van der Waals surface area contributed by atoms with Crippen molar-refractivity contribution in [2.75, 3.05) is 18.9 Å². The molecule has 2 N–H and O–H groups in total. The molecule has 0 radical (unpaired) electrons. The Kier molecular flexibility index (Phi) is 6.53. The Labute approximate surface area is 79.9 Å². The maximum atomic E-state index is 11.6. The fourth-order valence-electron chi connectivity index (χ4n) is 0.768. The molecule has 0 heterocycles. The third kappa shape index (κ3) is 9.98. The van der Waals surface area contributed by atoms with Crippen molar-refractivity contribution in [3.63, 3.8) is 0 Å². The van der Waals surface area contributed by atoms with E-state index in [-0.39, 0.29) is 30.2 Å². The molecular weight excluding hydrogens is 203 g/mol. The Hall–Kier alpha value is 0.0600. The van der Waals surface area contributed by atoms with Crippen LogP contribution < -0.4 is 5.32 Å². The van der Waals surface area contributed by atoms with Gasteiger partial charge < -0.3 is 10.4 Å². The van der Waals surface area contributed by atoms with E-state index in [4.69, 9.17) is 5.11 Å². The third-order valence-electron chi connectivity index (χ3n) is 1.42. The van der Waals surface area contributed by atoms with Gasteiger partial charge in [-0.1, -0.05) is 0 Å². The van der Waals surface area contributed by atoms with Crippen LogP contribution in [0, 0.1) is 0 Å². The summed E-state index contributed by atoms with van der Waals surface area (Å²) in [6, 6.07) is 0.0684. The lowest BCUT2D eigenvalue weighted by Crippen LogP contribution is -2.29. The predicted octanol–water partition coefficient (Wildman–Crippen LogP) is 1.60. The van der Waals surface area contributed by atoms with Crippen LogP contribution >= 0.6 is 11.8 Å². The fourth-order valence-corrected chi connectivity index (χ4v) is 1.22. The summed E-state index contributed by atoms with van der Waals surface area (Å²) in [6.07, 6.45) is 0.566. The Morgan fingerprint density at radius 2 is 2.08 bits per heavy atom. The molecule has 0 spiro atoms. The number of hydrogen-bond acceptors (Lipinski definition) is 3. The first-order valence-electron chi connectivity index (χ1n) is 4.00. The van der Waals surface area contributed by atoms with Crippen LogP contribution in [0.25, 0.3) is 0 Å². The van der Waals surface area contributed by atoms with Gasteiger partial charge in [-0.2, -0.15) is 13.2 Å². The molecule has 0 amide bonds. The van der Waals surface area contributed by atoms with Crippen LogP contribution in [-0.4, -0.2) is 35.6 Å². The highest BCUT2D eigenvalue weighted by Crippen LogP contribution is 2.29. The van der Waals surface area contributed by atoms with Gasteiger partial charge in [-0.05, 0) is 25.1 Å². The van der Waals surface area contributed by atoms with Gasteiger partial charge in [0.25, 0.3) is 0 Å². The number of alkyl halides is 3. The number of thioether (sulfide) groups is 1. The molecule has 6 heteroatoms. The first kappa shape index (κ1) is 13.1. The first-order chi connectivity index (χ1) is 5.95. The van der Waals surface area contributed by atoms with Crippen LogP contribution in [0.15, 0.2) is 0 Å². The van der Waals surface area contributed by atoms with Crippen LogP contribution in [0.5, 0.6) is 0 Å². The molecule has 0 saturated carbocycles. The summed E-state index contributed by atoms with van der Waals surface area (Å²) in [7, 11) is 0. The molecule has 1 unspecified atom stereocenters. The molecule has 0 aliphatic heterocycles. The normalized spacial score (nSPS) is 14.5. The Morgan fingerprint density at radius 3 is 2.54 bits per heavy atom. The van der Waals surface area contributed by atoms with E-state index in [9.17, 15) is 13.2 Å². The topological polar surface area (TPSA) is 32.3 Å². The zero-order chi connectivity index (χ0) is 10.3. The average Bonchev–Trinajstić information content (AvgIpc) is 1.97. The van der Waals surface area contributed by atoms with Crippen LogP contribution in [0.2, 0.25) is 0 Å². The molecule has 0 fully saturated rings. The lowest BCUT2D eigenvalue weighted by Gasteiger charge is -2.12. The summed E-state index contributed by atoms with van der Waals surface area (Å²) in [5.41, 5.74) is -4.14. The second-order valence-electron chi connectivity index (χ2n) is 2.66. The molecule has 2 nitrogen and oxygen atoms in total. The van der Waals surface area contributed by atoms with Crippen molar-refractivity contribution in [3.05, 3.63) is 0 Å². The van der Waals surface area contributed by atoms with Gasteiger partial charge >= 0.3 is 5.51 Å². The molecule has 0 bridgehead atoms. The van der Waals surface area contributed by atoms with Crippen molar-refractivity contribution in [2.24, 2.45) is 0 Å². The van der Waals surface area contributed by atoms with Crippen molar-refractivity contribution < 1.29 is 18.3 Å². The second-order valence-corrected chi connectivity index (χ2v) is 3.82. The molecule has 0 rings (SSSR count). The predicted molar refractivity (Wildman–Crippen MR) is 47.7 cm³/mol. The van der Waals surface area contributed by atoms with Crippen molar-refractivity contribution in [1.29, 1.82) is 0 Å². The Morgan fingerprint density at radius 1 is 1.46 bits per heavy atom. The smallest absolute Gasteiger partial charge is 0.396 e. The van der Waals surface area contributed by atoms with Crippen LogP contribution in [-0.2, 0) is 0 Å². The summed E-state index contributed by atoms with van der Waals surface area (Å²) in [5, 5.41) is 11.4. The first-order valence-corrected chi connectivity index (χ1v) is 4.99. The minimum absolute atomic E-state index is 0.0132. The highest BCUT2D eigenvalue weighted by Gasteiger charge is 2.27. The number of hydrogen-bond donors (Lipinski definition) is 2. The van der Waals surface area contributed by atoms with Gasteiger partial charge in [-0.3, -0.25) is 0 Å². The molecule has 0 aliphatic carbocycles. The van der Waals surface area contributed by atoms with E-state index in [2.05, 4.69) is 5.32 Å². The van der Waals surface area contributed by atoms with Gasteiger partial charge in [0.05, 0.1) is 0 Å². The Bertz CT molecular complexity index is 131. The standard InChI is InChI=1S/C7H14F3NOS/c1-6(2-4-12)11-3-5-13-7(8,9)10/h6,11-12H,2-5H2,1H3. The van der Waals surface area contributed by atoms with E-state index < -0.39 is 5.51 Å². The highest BCUT2D eigenvalue weighted by molar-refractivity contribution is 8.00.